The number of amides is 2. The summed E-state index contributed by atoms with van der Waals surface area (Å²) in [5.41, 5.74) is 11.3. The predicted octanol–water partition coefficient (Wildman–Crippen LogP) is 9.57. The van der Waals surface area contributed by atoms with Crippen LogP contribution in [0.25, 0.3) is 44.3 Å². The van der Waals surface area contributed by atoms with Crippen LogP contribution in [0.4, 0.5) is 5.69 Å². The molecule has 0 spiro atoms. The monoisotopic (exact) mass is 884 g/mol. The molecule has 2 saturated heterocycles. The second-order valence-corrected chi connectivity index (χ2v) is 18.5. The highest BCUT2D eigenvalue weighted by molar-refractivity contribution is 6.31. The normalized spacial score (nSPS) is 23.5. The van der Waals surface area contributed by atoms with Gasteiger partial charge >= 0.3 is 0 Å². The first-order valence-electron chi connectivity index (χ1n) is 22.5. The molecule has 6 atom stereocenters. The molecule has 7 aromatic rings. The molecule has 64 heavy (non-hydrogen) atoms. The lowest BCUT2D eigenvalue weighted by molar-refractivity contribution is -0.119. The summed E-state index contributed by atoms with van der Waals surface area (Å²) in [6.45, 7) is 9.66. The van der Waals surface area contributed by atoms with Crippen molar-refractivity contribution in [2.45, 2.75) is 135 Å². The van der Waals surface area contributed by atoms with E-state index in [1.54, 1.807) is 0 Å². The van der Waals surface area contributed by atoms with Crippen LogP contribution in [0.3, 0.4) is 0 Å². The topological polar surface area (TPSA) is 178 Å². The van der Waals surface area contributed by atoms with Gasteiger partial charge in [0.2, 0.25) is 11.8 Å². The minimum Gasteiger partial charge on any atom is -0.393 e. The number of aliphatic hydroxyl groups excluding tert-OH is 2. The van der Waals surface area contributed by atoms with Crippen molar-refractivity contribution >= 4 is 51.2 Å². The first-order valence-corrected chi connectivity index (χ1v) is 22.8. The number of halogens is 1. The Morgan fingerprint density at radius 3 is 1.72 bits per heavy atom. The van der Waals surface area contributed by atoms with E-state index in [2.05, 4.69) is 61.2 Å². The van der Waals surface area contributed by atoms with Gasteiger partial charge in [-0.25, -0.2) is 9.97 Å². The number of nitrogens with zero attached hydrogens (tertiary/aromatic N) is 7. The number of hydrogen-bond donors (Lipinski definition) is 3. The van der Waals surface area contributed by atoms with Crippen molar-refractivity contribution in [3.05, 3.63) is 99.7 Å². The van der Waals surface area contributed by atoms with Gasteiger partial charge in [-0.05, 0) is 139 Å². The molecule has 3 aromatic carbocycles. The van der Waals surface area contributed by atoms with Crippen molar-refractivity contribution in [2.24, 2.45) is 0 Å². The van der Waals surface area contributed by atoms with Gasteiger partial charge in [-0.3, -0.25) is 9.59 Å². The Morgan fingerprint density at radius 1 is 0.672 bits per heavy atom. The number of aliphatic hydroxyl groups is 2. The minimum atomic E-state index is -0.320. The van der Waals surface area contributed by atoms with Gasteiger partial charge in [0.25, 0.3) is 0 Å². The molecule has 4 fully saturated rings. The molecule has 332 valence electrons. The standard InChI is InChI=1S/C28H29ClN4O3.C21H24N4O3/c1-15-4-6-20(14-22(15)29)32-25(10-11-26(32)35)28-30-23-12-18(27-16(2)31-36-17(27)3)5-9-24(23)33(28)19-7-8-21(34)13-19;1-11-20(12(2)28-24-11)13-3-7-18-17(9-13)23-21(16-6-8-19(27)22-16)25(18)14-4-5-15(26)10-14/h4-6,9,12,14,19,21,25,34H,7-8,10-11,13H2,1-3H3;3,7,9,14-16,26H,4-6,8,10H2,1-2H3,(H,22,27)/t19-,21-,25+;14-,15-,16+/m11/s1. The Labute approximate surface area is 375 Å². The number of fused-ring (bicyclic) bond motifs is 2. The Hall–Kier alpha value is -5.83. The van der Waals surface area contributed by atoms with Crippen LogP contribution < -0.4 is 10.2 Å². The fraction of sp³-hybridized carbons (Fsp3) is 0.429. The molecule has 14 nitrogen and oxygen atoms in total. The minimum absolute atomic E-state index is 0.0693. The van der Waals surface area contributed by atoms with Crippen molar-refractivity contribution in [3.8, 4) is 22.3 Å². The van der Waals surface area contributed by atoms with Gasteiger partial charge in [0.15, 0.2) is 0 Å². The molecular weight excluding hydrogens is 832 g/mol. The lowest BCUT2D eigenvalue weighted by Crippen LogP contribution is -2.29. The van der Waals surface area contributed by atoms with Crippen LogP contribution in [-0.2, 0) is 9.59 Å². The third-order valence-corrected chi connectivity index (χ3v) is 14.2. The number of aryl methyl sites for hydroxylation is 5. The molecule has 2 aliphatic heterocycles. The number of imidazole rings is 2. The van der Waals surface area contributed by atoms with Crippen LogP contribution in [0, 0.1) is 34.6 Å². The Bertz CT molecular complexity index is 2910. The summed E-state index contributed by atoms with van der Waals surface area (Å²) in [4.78, 5) is 36.9. The van der Waals surface area contributed by atoms with Crippen LogP contribution >= 0.6 is 11.6 Å². The van der Waals surface area contributed by atoms with Gasteiger partial charge in [0, 0.05) is 46.8 Å². The summed E-state index contributed by atoms with van der Waals surface area (Å²) in [7, 11) is 0. The summed E-state index contributed by atoms with van der Waals surface area (Å²) in [6, 6.07) is 18.3. The zero-order valence-corrected chi connectivity index (χ0v) is 37.5. The summed E-state index contributed by atoms with van der Waals surface area (Å²) in [5, 5.41) is 32.3. The first kappa shape index (κ1) is 42.1. The highest BCUT2D eigenvalue weighted by atomic mass is 35.5. The van der Waals surface area contributed by atoms with E-state index in [-0.39, 0.29) is 48.2 Å². The van der Waals surface area contributed by atoms with Crippen molar-refractivity contribution in [3.63, 3.8) is 0 Å². The second kappa shape index (κ2) is 16.6. The zero-order chi connectivity index (χ0) is 44.6. The third kappa shape index (κ3) is 7.48. The summed E-state index contributed by atoms with van der Waals surface area (Å²) < 4.78 is 15.2. The molecule has 15 heteroatoms. The Morgan fingerprint density at radius 2 is 1.23 bits per heavy atom. The lowest BCUT2D eigenvalue weighted by atomic mass is 10.0. The molecule has 11 rings (SSSR count). The average molecular weight is 885 g/mol. The van der Waals surface area contributed by atoms with Crippen molar-refractivity contribution in [1.29, 1.82) is 0 Å². The quantitative estimate of drug-likeness (QED) is 0.140. The van der Waals surface area contributed by atoms with Gasteiger partial charge in [-0.2, -0.15) is 0 Å². The van der Waals surface area contributed by atoms with Crippen LogP contribution in [0.2, 0.25) is 5.02 Å². The average Bonchev–Trinajstić information content (AvgIpc) is 4.14. The SMILES string of the molecule is Cc1ccc(N2C(=O)CC[C@H]2c2nc3cc(-c4c(C)noc4C)ccc3n2[C@@H]2CC[C@@H](O)C2)cc1Cl.Cc1noc(C)c1-c1ccc2c(c1)nc([C@@H]1CCC(=O)N1)n2[C@@H]1CC[C@@H](O)C1. The number of nitrogens with one attached hydrogen (secondary N) is 1. The zero-order valence-electron chi connectivity index (χ0n) is 36.8. The van der Waals surface area contributed by atoms with Gasteiger partial charge in [-0.1, -0.05) is 40.1 Å². The van der Waals surface area contributed by atoms with E-state index >= 15 is 0 Å². The van der Waals surface area contributed by atoms with E-state index < -0.39 is 0 Å². The maximum atomic E-state index is 13.1. The molecule has 2 amide bonds. The number of aromatic nitrogens is 6. The summed E-state index contributed by atoms with van der Waals surface area (Å²) in [5.74, 6) is 3.47. The van der Waals surface area contributed by atoms with Gasteiger partial charge < -0.3 is 38.6 Å². The number of anilines is 1. The molecule has 0 radical (unpaired) electrons. The van der Waals surface area contributed by atoms with E-state index in [0.29, 0.717) is 30.7 Å². The number of rotatable bonds is 7. The largest absolute Gasteiger partial charge is 0.393 e. The highest BCUT2D eigenvalue weighted by Crippen LogP contribution is 2.44. The van der Waals surface area contributed by atoms with E-state index in [1.165, 1.54) is 0 Å². The fourth-order valence-corrected chi connectivity index (χ4v) is 10.9. The molecule has 2 saturated carbocycles. The van der Waals surface area contributed by atoms with Crippen LogP contribution in [0.1, 0.15) is 128 Å². The molecular formula is C49H53ClN8O6. The van der Waals surface area contributed by atoms with Gasteiger partial charge in [0.1, 0.15) is 23.2 Å². The van der Waals surface area contributed by atoms with E-state index in [9.17, 15) is 19.8 Å². The van der Waals surface area contributed by atoms with E-state index in [0.717, 1.165) is 129 Å². The maximum absolute atomic E-state index is 13.1. The highest BCUT2D eigenvalue weighted by Gasteiger charge is 2.39. The number of carbonyl (C=O) groups excluding carboxylic acids is 2. The van der Waals surface area contributed by atoms with E-state index in [1.807, 2.05) is 57.7 Å². The van der Waals surface area contributed by atoms with Crippen molar-refractivity contribution in [2.75, 3.05) is 4.90 Å². The number of carbonyl (C=O) groups is 2. The van der Waals surface area contributed by atoms with Crippen molar-refractivity contribution < 1.29 is 28.8 Å². The summed E-state index contributed by atoms with van der Waals surface area (Å²) >= 11 is 6.44. The van der Waals surface area contributed by atoms with Crippen LogP contribution in [0.5, 0.6) is 0 Å². The number of benzene rings is 3. The molecule has 3 N–H and O–H groups in total. The molecule has 2 aliphatic carbocycles. The lowest BCUT2D eigenvalue weighted by Gasteiger charge is -2.27. The molecule has 6 heterocycles. The van der Waals surface area contributed by atoms with Crippen molar-refractivity contribution in [1.82, 2.24) is 34.7 Å². The van der Waals surface area contributed by atoms with E-state index in [4.69, 9.17) is 30.6 Å². The fourth-order valence-electron chi connectivity index (χ4n) is 10.7. The molecule has 4 aliphatic rings. The molecule has 0 bridgehead atoms. The second-order valence-electron chi connectivity index (χ2n) is 18.1. The Kier molecular flexibility index (Phi) is 10.9. The van der Waals surface area contributed by atoms with Crippen LogP contribution in [-0.4, -0.2) is 63.7 Å². The molecule has 0 unspecified atom stereocenters. The first-order chi connectivity index (χ1) is 30.8. The third-order valence-electron chi connectivity index (χ3n) is 13.8. The maximum Gasteiger partial charge on any atom is 0.227 e. The smallest absolute Gasteiger partial charge is 0.227 e. The molecule has 4 aromatic heterocycles. The number of hydrogen-bond acceptors (Lipinski definition) is 10. The predicted molar refractivity (Wildman–Crippen MR) is 243 cm³/mol. The summed E-state index contributed by atoms with van der Waals surface area (Å²) in [6.07, 6.45) is 6.62. The van der Waals surface area contributed by atoms with Gasteiger partial charge in [-0.15, -0.1) is 0 Å². The van der Waals surface area contributed by atoms with Gasteiger partial charge in [0.05, 0.1) is 57.7 Å². The van der Waals surface area contributed by atoms with Crippen LogP contribution in [0.15, 0.2) is 63.6 Å². The Balaban J connectivity index is 0.000000156.